The Morgan fingerprint density at radius 1 is 1.15 bits per heavy atom. The highest BCUT2D eigenvalue weighted by Crippen LogP contribution is 2.37. The van der Waals surface area contributed by atoms with Gasteiger partial charge in [-0.05, 0) is 58.7 Å². The lowest BCUT2D eigenvalue weighted by Gasteiger charge is -2.32. The molecule has 0 radical (unpaired) electrons. The van der Waals surface area contributed by atoms with Crippen molar-refractivity contribution in [3.05, 3.63) is 24.0 Å². The lowest BCUT2D eigenvalue weighted by Crippen LogP contribution is -2.41. The van der Waals surface area contributed by atoms with Crippen molar-refractivity contribution in [1.82, 2.24) is 0 Å². The van der Waals surface area contributed by atoms with Crippen molar-refractivity contribution >= 4 is 12.6 Å². The van der Waals surface area contributed by atoms with Gasteiger partial charge in [0.05, 0.1) is 17.3 Å². The highest BCUT2D eigenvalue weighted by molar-refractivity contribution is 6.62. The molecule has 2 fully saturated rings. The van der Waals surface area contributed by atoms with Gasteiger partial charge >= 0.3 is 7.12 Å². The lowest BCUT2D eigenvalue weighted by atomic mass is 9.78. The first kappa shape index (κ1) is 13.9. The van der Waals surface area contributed by atoms with Gasteiger partial charge in [0, 0.05) is 5.46 Å². The summed E-state index contributed by atoms with van der Waals surface area (Å²) >= 11 is 0. The zero-order valence-electron chi connectivity index (χ0n) is 12.4. The molecule has 1 aliphatic carbocycles. The Hall–Kier alpha value is -1.07. The number of halogens is 1. The minimum atomic E-state index is -0.692. The Kier molecular flexibility index (Phi) is 3.10. The number of hydrogen-bond acceptors (Lipinski definition) is 3. The monoisotopic (exact) mass is 278 g/mol. The van der Waals surface area contributed by atoms with Crippen LogP contribution in [0.3, 0.4) is 0 Å². The van der Waals surface area contributed by atoms with Gasteiger partial charge in [-0.15, -0.1) is 0 Å². The highest BCUT2D eigenvalue weighted by Gasteiger charge is 2.52. The largest absolute Gasteiger partial charge is 0.497 e. The van der Waals surface area contributed by atoms with Crippen molar-refractivity contribution in [2.75, 3.05) is 0 Å². The molecule has 3 nitrogen and oxygen atoms in total. The van der Waals surface area contributed by atoms with Crippen molar-refractivity contribution in [2.45, 2.75) is 57.8 Å². The number of hydrogen-bond donors (Lipinski definition) is 0. The van der Waals surface area contributed by atoms with Gasteiger partial charge in [-0.25, -0.2) is 4.39 Å². The quantitative estimate of drug-likeness (QED) is 0.795. The average Bonchev–Trinajstić information content (AvgIpc) is 3.10. The summed E-state index contributed by atoms with van der Waals surface area (Å²) in [6.07, 6.45) is 2.43. The molecule has 108 valence electrons. The second kappa shape index (κ2) is 4.47. The van der Waals surface area contributed by atoms with Crippen LogP contribution in [-0.2, 0) is 9.31 Å². The molecule has 1 saturated heterocycles. The van der Waals surface area contributed by atoms with E-state index in [2.05, 4.69) is 0 Å². The second-order valence-corrected chi connectivity index (χ2v) is 6.59. The van der Waals surface area contributed by atoms with Crippen LogP contribution in [0.4, 0.5) is 4.39 Å². The molecule has 0 unspecified atom stereocenters. The van der Waals surface area contributed by atoms with Gasteiger partial charge in [0.15, 0.2) is 0 Å². The van der Waals surface area contributed by atoms with Crippen LogP contribution in [-0.4, -0.2) is 24.4 Å². The first-order valence-electron chi connectivity index (χ1n) is 7.10. The van der Waals surface area contributed by atoms with Crippen LogP contribution in [0.15, 0.2) is 18.2 Å². The molecule has 1 aliphatic heterocycles. The molecular weight excluding hydrogens is 258 g/mol. The van der Waals surface area contributed by atoms with E-state index in [-0.39, 0.29) is 11.9 Å². The summed E-state index contributed by atoms with van der Waals surface area (Å²) in [4.78, 5) is 0. The van der Waals surface area contributed by atoms with Gasteiger partial charge < -0.3 is 14.0 Å². The van der Waals surface area contributed by atoms with E-state index in [0.717, 1.165) is 12.8 Å². The van der Waals surface area contributed by atoms with Crippen molar-refractivity contribution in [2.24, 2.45) is 0 Å². The summed E-state index contributed by atoms with van der Waals surface area (Å²) in [5.74, 6) is 0.352. The molecule has 0 N–H and O–H groups in total. The maximum absolute atomic E-state index is 14.1. The second-order valence-electron chi connectivity index (χ2n) is 6.59. The highest BCUT2D eigenvalue weighted by atomic mass is 19.1. The van der Waals surface area contributed by atoms with E-state index in [1.807, 2.05) is 27.7 Å². The fourth-order valence-corrected chi connectivity index (χ4v) is 2.12. The summed E-state index contributed by atoms with van der Waals surface area (Å²) in [6, 6.07) is 4.76. The molecule has 0 atom stereocenters. The topological polar surface area (TPSA) is 27.7 Å². The molecular formula is C15H20BFO3. The van der Waals surface area contributed by atoms with Gasteiger partial charge in [0.25, 0.3) is 0 Å². The van der Waals surface area contributed by atoms with E-state index in [1.54, 1.807) is 12.1 Å². The van der Waals surface area contributed by atoms with E-state index in [9.17, 15) is 4.39 Å². The Morgan fingerprint density at radius 2 is 1.75 bits per heavy atom. The van der Waals surface area contributed by atoms with Crippen molar-refractivity contribution in [3.8, 4) is 5.75 Å². The Labute approximate surface area is 119 Å². The minimum absolute atomic E-state index is 0.284. The van der Waals surface area contributed by atoms with Gasteiger partial charge in [-0.3, -0.25) is 0 Å². The lowest BCUT2D eigenvalue weighted by molar-refractivity contribution is 0.00578. The molecule has 20 heavy (non-hydrogen) atoms. The molecule has 3 rings (SSSR count). The van der Waals surface area contributed by atoms with Crippen LogP contribution in [0.5, 0.6) is 5.75 Å². The Balaban J connectivity index is 1.86. The molecule has 1 heterocycles. The first-order chi connectivity index (χ1) is 9.28. The fraction of sp³-hybridized carbons (Fsp3) is 0.600. The molecule has 2 aliphatic rings. The van der Waals surface area contributed by atoms with Gasteiger partial charge in [-0.1, -0.05) is 0 Å². The smallest absolute Gasteiger partial charge is 0.490 e. The third kappa shape index (κ3) is 2.45. The third-order valence-electron chi connectivity index (χ3n) is 4.30. The zero-order chi connectivity index (χ0) is 14.5. The number of ether oxygens (including phenoxy) is 1. The van der Waals surface area contributed by atoms with Crippen LogP contribution in [0.1, 0.15) is 40.5 Å². The summed E-state index contributed by atoms with van der Waals surface area (Å²) in [6.45, 7) is 7.82. The summed E-state index contributed by atoms with van der Waals surface area (Å²) in [7, 11) is -0.692. The average molecular weight is 278 g/mol. The first-order valence-corrected chi connectivity index (χ1v) is 7.10. The predicted molar refractivity (Wildman–Crippen MR) is 75.8 cm³/mol. The van der Waals surface area contributed by atoms with E-state index < -0.39 is 18.3 Å². The molecule has 1 aromatic rings. The van der Waals surface area contributed by atoms with Crippen LogP contribution >= 0.6 is 0 Å². The maximum Gasteiger partial charge on any atom is 0.497 e. The summed E-state index contributed by atoms with van der Waals surface area (Å²) in [5.41, 5.74) is -0.545. The van der Waals surface area contributed by atoms with E-state index in [0.29, 0.717) is 11.2 Å². The minimum Gasteiger partial charge on any atom is -0.490 e. The van der Waals surface area contributed by atoms with Crippen molar-refractivity contribution in [3.63, 3.8) is 0 Å². The van der Waals surface area contributed by atoms with E-state index >= 15 is 0 Å². The van der Waals surface area contributed by atoms with E-state index in [1.165, 1.54) is 6.07 Å². The number of benzene rings is 1. The van der Waals surface area contributed by atoms with Gasteiger partial charge in [0.1, 0.15) is 11.6 Å². The van der Waals surface area contributed by atoms with Crippen molar-refractivity contribution < 1.29 is 18.4 Å². The molecule has 0 amide bonds. The van der Waals surface area contributed by atoms with E-state index in [4.69, 9.17) is 14.0 Å². The Morgan fingerprint density at radius 3 is 2.30 bits per heavy atom. The van der Waals surface area contributed by atoms with Gasteiger partial charge in [0.2, 0.25) is 0 Å². The molecule has 5 heteroatoms. The maximum atomic E-state index is 14.1. The molecule has 1 aromatic carbocycles. The van der Waals surface area contributed by atoms with Crippen LogP contribution < -0.4 is 10.2 Å². The molecule has 1 saturated carbocycles. The van der Waals surface area contributed by atoms with Crippen LogP contribution in [0.25, 0.3) is 0 Å². The molecule has 0 aromatic heterocycles. The summed E-state index contributed by atoms with van der Waals surface area (Å²) in [5, 5.41) is 0. The van der Waals surface area contributed by atoms with Crippen LogP contribution in [0, 0.1) is 5.82 Å². The molecule has 0 spiro atoms. The van der Waals surface area contributed by atoms with Crippen molar-refractivity contribution in [1.29, 1.82) is 0 Å². The fourth-order valence-electron chi connectivity index (χ4n) is 2.12. The summed E-state index contributed by atoms with van der Waals surface area (Å²) < 4.78 is 31.5. The Bertz CT molecular complexity index is 510. The van der Waals surface area contributed by atoms with Crippen LogP contribution in [0.2, 0.25) is 0 Å². The number of rotatable bonds is 3. The standard InChI is InChI=1S/C15H20BFO3/c1-14(2)15(3,4)20-16(19-14)12-9-11(7-8-13(12)17)18-10-5-6-10/h7-10H,5-6H2,1-4H3. The SMILES string of the molecule is CC1(C)OB(c2cc(OC3CC3)ccc2F)OC1(C)C. The molecule has 0 bridgehead atoms. The van der Waals surface area contributed by atoms with Gasteiger partial charge in [-0.2, -0.15) is 0 Å². The third-order valence-corrected chi connectivity index (χ3v) is 4.30. The predicted octanol–water partition coefficient (Wildman–Crippen LogP) is 2.67. The normalized spacial score (nSPS) is 23.9. The zero-order valence-corrected chi connectivity index (χ0v) is 12.4.